The second kappa shape index (κ2) is 9.11. The summed E-state index contributed by atoms with van der Waals surface area (Å²) >= 11 is 1.48. The summed E-state index contributed by atoms with van der Waals surface area (Å²) in [6, 6.07) is 2.01. The van der Waals surface area contributed by atoms with Crippen molar-refractivity contribution in [2.24, 2.45) is 11.8 Å². The molecule has 0 bridgehead atoms. The highest BCUT2D eigenvalue weighted by molar-refractivity contribution is 7.99. The topological polar surface area (TPSA) is 58.1 Å². The van der Waals surface area contributed by atoms with E-state index in [1.807, 2.05) is 6.07 Å². The Morgan fingerprint density at radius 1 is 1.35 bits per heavy atom. The van der Waals surface area contributed by atoms with Gasteiger partial charge in [0.1, 0.15) is 17.2 Å². The van der Waals surface area contributed by atoms with Crippen molar-refractivity contribution in [2.45, 2.75) is 45.1 Å². The van der Waals surface area contributed by atoms with Crippen LogP contribution >= 0.6 is 11.8 Å². The molecule has 1 N–H and O–H groups in total. The monoisotopic (exact) mass is 336 g/mol. The lowest BCUT2D eigenvalue weighted by atomic mass is 9.92. The van der Waals surface area contributed by atoms with Crippen LogP contribution < -0.4 is 10.2 Å². The Bertz CT molecular complexity index is 501. The van der Waals surface area contributed by atoms with Gasteiger partial charge in [0.15, 0.2) is 0 Å². The summed E-state index contributed by atoms with van der Waals surface area (Å²) in [6.45, 7) is 9.55. The fourth-order valence-electron chi connectivity index (χ4n) is 3.03. The Balaban J connectivity index is 1.88. The first-order valence-corrected chi connectivity index (χ1v) is 9.53. The average molecular weight is 337 g/mol. The van der Waals surface area contributed by atoms with Gasteiger partial charge in [0.05, 0.1) is 5.75 Å². The molecule has 0 saturated carbocycles. The molecule has 1 fully saturated rings. The second-order valence-corrected chi connectivity index (χ2v) is 7.55. The lowest BCUT2D eigenvalue weighted by Crippen LogP contribution is -2.39. The molecule has 1 amide bonds. The van der Waals surface area contributed by atoms with E-state index in [0.717, 1.165) is 43.3 Å². The summed E-state index contributed by atoms with van der Waals surface area (Å²) in [5.41, 5.74) is 0. The number of nitrogens with zero attached hydrogens (tertiary/aromatic N) is 3. The zero-order valence-corrected chi connectivity index (χ0v) is 15.2. The molecule has 5 nitrogen and oxygen atoms in total. The van der Waals surface area contributed by atoms with E-state index >= 15 is 0 Å². The van der Waals surface area contributed by atoms with Crippen molar-refractivity contribution in [1.29, 1.82) is 0 Å². The zero-order valence-electron chi connectivity index (χ0n) is 14.4. The maximum absolute atomic E-state index is 11.8. The van der Waals surface area contributed by atoms with Crippen LogP contribution in [0, 0.1) is 11.8 Å². The summed E-state index contributed by atoms with van der Waals surface area (Å²) in [4.78, 5) is 22.8. The largest absolute Gasteiger partial charge is 0.356 e. The Hall–Kier alpha value is -1.30. The number of carbonyl (C=O) groups is 1. The lowest BCUT2D eigenvalue weighted by Gasteiger charge is -2.35. The molecular weight excluding hydrogens is 308 g/mol. The Morgan fingerprint density at radius 3 is 2.78 bits per heavy atom. The predicted molar refractivity (Wildman–Crippen MR) is 95.8 cm³/mol. The number of hydrogen-bond donors (Lipinski definition) is 1. The molecule has 2 unspecified atom stereocenters. The Kier molecular flexibility index (Phi) is 7.15. The van der Waals surface area contributed by atoms with Crippen LogP contribution in [0.2, 0.25) is 0 Å². The third-order valence-corrected chi connectivity index (χ3v) is 4.95. The molecule has 2 rings (SSSR count). The van der Waals surface area contributed by atoms with Gasteiger partial charge < -0.3 is 10.2 Å². The van der Waals surface area contributed by atoms with Crippen molar-refractivity contribution < 1.29 is 4.79 Å². The van der Waals surface area contributed by atoms with Gasteiger partial charge in [-0.2, -0.15) is 0 Å². The maximum atomic E-state index is 11.8. The molecule has 1 aliphatic heterocycles. The van der Waals surface area contributed by atoms with Crippen molar-refractivity contribution in [2.75, 3.05) is 30.3 Å². The Morgan fingerprint density at radius 2 is 2.09 bits per heavy atom. The van der Waals surface area contributed by atoms with E-state index in [9.17, 15) is 4.79 Å². The molecule has 1 aromatic heterocycles. The van der Waals surface area contributed by atoms with Crippen molar-refractivity contribution in [3.8, 4) is 0 Å². The van der Waals surface area contributed by atoms with Crippen LogP contribution in [0.5, 0.6) is 0 Å². The number of aromatic nitrogens is 2. The number of thioether (sulfide) groups is 1. The summed E-state index contributed by atoms with van der Waals surface area (Å²) in [5.74, 6) is 2.84. The minimum Gasteiger partial charge on any atom is -0.356 e. The molecule has 128 valence electrons. The number of anilines is 1. The van der Waals surface area contributed by atoms with Gasteiger partial charge >= 0.3 is 0 Å². The van der Waals surface area contributed by atoms with Crippen LogP contribution in [-0.4, -0.2) is 41.3 Å². The van der Waals surface area contributed by atoms with E-state index in [1.54, 1.807) is 6.33 Å². The van der Waals surface area contributed by atoms with Gasteiger partial charge in [-0.25, -0.2) is 9.97 Å². The number of unbranched alkanes of at least 4 members (excludes halogenated alkanes) is 1. The molecular formula is C17H28N4OS. The number of rotatable bonds is 7. The van der Waals surface area contributed by atoms with Gasteiger partial charge in [0.2, 0.25) is 5.91 Å². The number of hydrogen-bond acceptors (Lipinski definition) is 5. The van der Waals surface area contributed by atoms with Crippen LogP contribution in [0.1, 0.15) is 40.0 Å². The van der Waals surface area contributed by atoms with Crippen LogP contribution in [0.4, 0.5) is 5.82 Å². The van der Waals surface area contributed by atoms with Crippen LogP contribution in [0.3, 0.4) is 0 Å². The van der Waals surface area contributed by atoms with Crippen LogP contribution in [-0.2, 0) is 4.79 Å². The number of nitrogens with one attached hydrogen (secondary N) is 1. The first kappa shape index (κ1) is 18.0. The molecule has 2 heterocycles. The normalized spacial score (nSPS) is 21.3. The van der Waals surface area contributed by atoms with E-state index in [2.05, 4.69) is 41.0 Å². The average Bonchev–Trinajstić information content (AvgIpc) is 2.52. The van der Waals surface area contributed by atoms with Gasteiger partial charge in [-0.3, -0.25) is 4.79 Å². The van der Waals surface area contributed by atoms with Crippen molar-refractivity contribution in [3.05, 3.63) is 12.4 Å². The molecule has 6 heteroatoms. The van der Waals surface area contributed by atoms with Gasteiger partial charge in [0, 0.05) is 25.7 Å². The number of amides is 1. The van der Waals surface area contributed by atoms with Crippen LogP contribution in [0.25, 0.3) is 0 Å². The first-order valence-electron chi connectivity index (χ1n) is 8.55. The minimum atomic E-state index is 0.0730. The predicted octanol–water partition coefficient (Wildman–Crippen LogP) is 2.97. The maximum Gasteiger partial charge on any atom is 0.230 e. The van der Waals surface area contributed by atoms with E-state index < -0.39 is 0 Å². The molecule has 1 aliphatic rings. The molecule has 1 saturated heterocycles. The number of piperidine rings is 1. The highest BCUT2D eigenvalue weighted by Gasteiger charge is 2.23. The zero-order chi connectivity index (χ0) is 16.7. The van der Waals surface area contributed by atoms with Crippen LogP contribution in [0.15, 0.2) is 17.4 Å². The minimum absolute atomic E-state index is 0.0730. The molecule has 0 radical (unpaired) electrons. The number of carbonyl (C=O) groups excluding carboxylic acids is 1. The SMILES string of the molecule is CCCCNC(=O)CSc1cc(N2CC(C)CC(C)C2)ncn1. The van der Waals surface area contributed by atoms with Gasteiger partial charge in [-0.05, 0) is 24.7 Å². The molecule has 23 heavy (non-hydrogen) atoms. The summed E-state index contributed by atoms with van der Waals surface area (Å²) < 4.78 is 0. The molecule has 0 spiro atoms. The highest BCUT2D eigenvalue weighted by atomic mass is 32.2. The van der Waals surface area contributed by atoms with E-state index in [-0.39, 0.29) is 5.91 Å². The highest BCUT2D eigenvalue weighted by Crippen LogP contribution is 2.26. The van der Waals surface area contributed by atoms with Crippen molar-refractivity contribution in [1.82, 2.24) is 15.3 Å². The van der Waals surface area contributed by atoms with Gasteiger partial charge in [-0.1, -0.05) is 39.0 Å². The molecule has 2 atom stereocenters. The van der Waals surface area contributed by atoms with Gasteiger partial charge in [-0.15, -0.1) is 0 Å². The Labute approximate surface area is 143 Å². The third kappa shape index (κ3) is 6.01. The summed E-state index contributed by atoms with van der Waals surface area (Å²) in [6.07, 6.45) is 5.01. The molecule has 0 aromatic carbocycles. The fourth-order valence-corrected chi connectivity index (χ4v) is 3.72. The standard InChI is InChI=1S/C17H28N4OS/c1-4-5-6-18-16(22)11-23-17-8-15(19-12-20-17)21-9-13(2)7-14(3)10-21/h8,12-14H,4-7,9-11H2,1-3H3,(H,18,22). The molecule has 1 aromatic rings. The lowest BCUT2D eigenvalue weighted by molar-refractivity contribution is -0.118. The van der Waals surface area contributed by atoms with Crippen molar-refractivity contribution in [3.63, 3.8) is 0 Å². The molecule has 0 aliphatic carbocycles. The van der Waals surface area contributed by atoms with E-state index in [4.69, 9.17) is 0 Å². The third-order valence-electron chi connectivity index (χ3n) is 4.02. The smallest absolute Gasteiger partial charge is 0.230 e. The summed E-state index contributed by atoms with van der Waals surface area (Å²) in [7, 11) is 0. The van der Waals surface area contributed by atoms with Crippen molar-refractivity contribution >= 4 is 23.5 Å². The quantitative estimate of drug-likeness (QED) is 0.471. The second-order valence-electron chi connectivity index (χ2n) is 6.56. The van der Waals surface area contributed by atoms with E-state index in [0.29, 0.717) is 17.6 Å². The summed E-state index contributed by atoms with van der Waals surface area (Å²) in [5, 5.41) is 3.80. The van der Waals surface area contributed by atoms with Gasteiger partial charge in [0.25, 0.3) is 0 Å². The van der Waals surface area contributed by atoms with E-state index in [1.165, 1.54) is 18.2 Å². The fraction of sp³-hybridized carbons (Fsp3) is 0.706. The first-order chi connectivity index (χ1) is 11.1.